The van der Waals surface area contributed by atoms with Gasteiger partial charge in [-0.05, 0) is 48.2 Å². The van der Waals surface area contributed by atoms with Crippen LogP contribution in [0.15, 0.2) is 48.5 Å². The molecule has 0 aliphatic heterocycles. The number of aryl methyl sites for hydroxylation is 1. The minimum Gasteiger partial charge on any atom is -0.486 e. The molecule has 86 valence electrons. The molecule has 2 heteroatoms. The summed E-state index contributed by atoms with van der Waals surface area (Å²) < 4.78 is 18.7. The molecule has 17 heavy (non-hydrogen) atoms. The van der Waals surface area contributed by atoms with Gasteiger partial charge in [-0.25, -0.2) is 4.39 Å². The third kappa shape index (κ3) is 2.03. The van der Waals surface area contributed by atoms with Crippen molar-refractivity contribution < 1.29 is 9.13 Å². The van der Waals surface area contributed by atoms with Crippen LogP contribution in [0.2, 0.25) is 0 Å². The largest absolute Gasteiger partial charge is 0.486 e. The molecule has 0 heterocycles. The van der Waals surface area contributed by atoms with E-state index >= 15 is 0 Å². The number of benzene rings is 2. The monoisotopic (exact) mass is 228 g/mol. The van der Waals surface area contributed by atoms with Crippen molar-refractivity contribution in [2.75, 3.05) is 0 Å². The summed E-state index contributed by atoms with van der Waals surface area (Å²) in [7, 11) is 0. The Hall–Kier alpha value is -1.83. The van der Waals surface area contributed by atoms with Gasteiger partial charge >= 0.3 is 0 Å². The minimum absolute atomic E-state index is 0.108. The molecule has 0 fully saturated rings. The molecule has 0 unspecified atom stereocenters. The number of hydrogen-bond donors (Lipinski definition) is 0. The number of halogens is 1. The molecule has 0 amide bonds. The van der Waals surface area contributed by atoms with Crippen molar-refractivity contribution in [1.82, 2.24) is 0 Å². The van der Waals surface area contributed by atoms with Crippen molar-refractivity contribution in [3.8, 4) is 5.75 Å². The van der Waals surface area contributed by atoms with Gasteiger partial charge in [0.1, 0.15) is 17.7 Å². The molecule has 2 aromatic carbocycles. The lowest BCUT2D eigenvalue weighted by atomic mass is 10.1. The number of fused-ring (bicyclic) bond motifs is 1. The zero-order chi connectivity index (χ0) is 11.7. The molecule has 2 aromatic rings. The predicted octanol–water partition coefficient (Wildman–Crippen LogP) is 3.89. The molecule has 0 N–H and O–H groups in total. The summed E-state index contributed by atoms with van der Waals surface area (Å²) >= 11 is 0. The van der Waals surface area contributed by atoms with E-state index in [1.54, 1.807) is 12.1 Å². The highest BCUT2D eigenvalue weighted by Gasteiger charge is 2.23. The van der Waals surface area contributed by atoms with E-state index in [9.17, 15) is 4.39 Å². The fourth-order valence-corrected chi connectivity index (χ4v) is 2.32. The molecular weight excluding hydrogens is 215 g/mol. The highest BCUT2D eigenvalue weighted by molar-refractivity contribution is 5.34. The van der Waals surface area contributed by atoms with Crippen LogP contribution in [0.25, 0.3) is 0 Å². The van der Waals surface area contributed by atoms with Crippen LogP contribution in [0.3, 0.4) is 0 Å². The Morgan fingerprint density at radius 3 is 2.59 bits per heavy atom. The Balaban J connectivity index is 1.81. The quantitative estimate of drug-likeness (QED) is 0.757. The summed E-state index contributed by atoms with van der Waals surface area (Å²) in [6, 6.07) is 14.5. The fraction of sp³-hybridized carbons (Fsp3) is 0.200. The molecule has 0 aromatic heterocycles. The van der Waals surface area contributed by atoms with E-state index in [1.807, 2.05) is 6.07 Å². The molecule has 1 atom stereocenters. The molecule has 0 saturated heterocycles. The lowest BCUT2D eigenvalue weighted by Crippen LogP contribution is -2.03. The van der Waals surface area contributed by atoms with E-state index in [-0.39, 0.29) is 11.9 Å². The molecule has 0 radical (unpaired) electrons. The van der Waals surface area contributed by atoms with Crippen LogP contribution >= 0.6 is 0 Å². The third-order valence-electron chi connectivity index (χ3n) is 3.17. The zero-order valence-electron chi connectivity index (χ0n) is 9.40. The van der Waals surface area contributed by atoms with Gasteiger partial charge in [-0.2, -0.15) is 0 Å². The van der Waals surface area contributed by atoms with Crippen LogP contribution in [0.5, 0.6) is 5.75 Å². The Bertz CT molecular complexity index is 519. The first-order chi connectivity index (χ1) is 8.33. The highest BCUT2D eigenvalue weighted by atomic mass is 19.1. The molecule has 0 bridgehead atoms. The summed E-state index contributed by atoms with van der Waals surface area (Å²) in [5.74, 6) is 0.497. The topological polar surface area (TPSA) is 9.23 Å². The van der Waals surface area contributed by atoms with Gasteiger partial charge in [0, 0.05) is 0 Å². The highest BCUT2D eigenvalue weighted by Crippen LogP contribution is 2.34. The summed E-state index contributed by atoms with van der Waals surface area (Å²) in [5.41, 5.74) is 2.62. The van der Waals surface area contributed by atoms with Crippen LogP contribution in [0.4, 0.5) is 4.39 Å². The number of hydrogen-bond acceptors (Lipinski definition) is 1. The summed E-state index contributed by atoms with van der Waals surface area (Å²) in [6.07, 6.45) is 2.16. The Kier molecular flexibility index (Phi) is 2.56. The van der Waals surface area contributed by atoms with Crippen LogP contribution < -0.4 is 4.74 Å². The standard InChI is InChI=1S/C15H13FO/c16-12-6-8-13(9-7-12)17-15-10-5-11-3-1-2-4-14(11)15/h1-4,6-9,15H,5,10H2/t15-/m0/s1. The third-order valence-corrected chi connectivity index (χ3v) is 3.17. The van der Waals surface area contributed by atoms with E-state index < -0.39 is 0 Å². The fourth-order valence-electron chi connectivity index (χ4n) is 2.32. The Labute approximate surface area is 99.9 Å². The maximum Gasteiger partial charge on any atom is 0.124 e. The van der Waals surface area contributed by atoms with E-state index in [0.29, 0.717) is 0 Å². The second kappa shape index (κ2) is 4.21. The average molecular weight is 228 g/mol. The SMILES string of the molecule is Fc1ccc(O[C@H]2CCc3ccccc32)cc1. The molecule has 3 rings (SSSR count). The lowest BCUT2D eigenvalue weighted by Gasteiger charge is -2.14. The van der Waals surface area contributed by atoms with E-state index in [0.717, 1.165) is 18.6 Å². The first kappa shape index (κ1) is 10.3. The molecular formula is C15H13FO. The second-order valence-corrected chi connectivity index (χ2v) is 4.30. The summed E-state index contributed by atoms with van der Waals surface area (Å²) in [5, 5.41) is 0. The Morgan fingerprint density at radius 1 is 1.00 bits per heavy atom. The first-order valence-corrected chi connectivity index (χ1v) is 5.83. The lowest BCUT2D eigenvalue weighted by molar-refractivity contribution is 0.207. The smallest absolute Gasteiger partial charge is 0.124 e. The maximum atomic E-state index is 12.8. The van der Waals surface area contributed by atoms with E-state index in [1.165, 1.54) is 23.3 Å². The van der Waals surface area contributed by atoms with Crippen LogP contribution in [-0.4, -0.2) is 0 Å². The minimum atomic E-state index is -0.232. The van der Waals surface area contributed by atoms with Gasteiger partial charge in [-0.3, -0.25) is 0 Å². The first-order valence-electron chi connectivity index (χ1n) is 5.83. The number of rotatable bonds is 2. The van der Waals surface area contributed by atoms with Crippen molar-refractivity contribution in [2.45, 2.75) is 18.9 Å². The van der Waals surface area contributed by atoms with Crippen LogP contribution in [0, 0.1) is 5.82 Å². The molecule has 0 saturated carbocycles. The van der Waals surface area contributed by atoms with Crippen molar-refractivity contribution >= 4 is 0 Å². The van der Waals surface area contributed by atoms with Crippen molar-refractivity contribution in [3.05, 3.63) is 65.5 Å². The van der Waals surface area contributed by atoms with Gasteiger partial charge in [0.25, 0.3) is 0 Å². The normalized spacial score (nSPS) is 17.8. The van der Waals surface area contributed by atoms with Gasteiger partial charge in [-0.1, -0.05) is 24.3 Å². The molecule has 1 aliphatic carbocycles. The van der Waals surface area contributed by atoms with Gasteiger partial charge in [-0.15, -0.1) is 0 Å². The van der Waals surface area contributed by atoms with Crippen LogP contribution in [-0.2, 0) is 6.42 Å². The predicted molar refractivity (Wildman–Crippen MR) is 64.5 cm³/mol. The van der Waals surface area contributed by atoms with Crippen LogP contribution in [0.1, 0.15) is 23.7 Å². The second-order valence-electron chi connectivity index (χ2n) is 4.30. The van der Waals surface area contributed by atoms with E-state index in [4.69, 9.17) is 4.74 Å². The molecule has 0 spiro atoms. The molecule has 1 aliphatic rings. The number of ether oxygens (including phenoxy) is 1. The zero-order valence-corrected chi connectivity index (χ0v) is 9.40. The Morgan fingerprint density at radius 2 is 1.76 bits per heavy atom. The van der Waals surface area contributed by atoms with Gasteiger partial charge in [0.05, 0.1) is 0 Å². The maximum absolute atomic E-state index is 12.8. The van der Waals surface area contributed by atoms with E-state index in [2.05, 4.69) is 18.2 Å². The van der Waals surface area contributed by atoms with Gasteiger partial charge in [0.15, 0.2) is 0 Å². The summed E-state index contributed by atoms with van der Waals surface area (Å²) in [4.78, 5) is 0. The van der Waals surface area contributed by atoms with Crippen molar-refractivity contribution in [1.29, 1.82) is 0 Å². The molecule has 1 nitrogen and oxygen atoms in total. The summed E-state index contributed by atoms with van der Waals surface area (Å²) in [6.45, 7) is 0. The van der Waals surface area contributed by atoms with Gasteiger partial charge in [0.2, 0.25) is 0 Å². The van der Waals surface area contributed by atoms with Crippen molar-refractivity contribution in [3.63, 3.8) is 0 Å². The average Bonchev–Trinajstić information content (AvgIpc) is 2.76. The van der Waals surface area contributed by atoms with Gasteiger partial charge < -0.3 is 4.74 Å². The van der Waals surface area contributed by atoms with Crippen molar-refractivity contribution in [2.24, 2.45) is 0 Å².